The molecule has 3 nitrogen and oxygen atoms in total. The molecule has 44 valence electrons. The van der Waals surface area contributed by atoms with Gasteiger partial charge in [-0.1, -0.05) is 6.58 Å². The van der Waals surface area contributed by atoms with Crippen molar-refractivity contribution in [1.29, 1.82) is 0 Å². The maximum atomic E-state index is 9.99. The molecule has 0 spiro atoms. The van der Waals surface area contributed by atoms with Crippen LogP contribution in [0.1, 0.15) is 0 Å². The first-order valence-electron chi connectivity index (χ1n) is 2.06. The smallest absolute Gasteiger partial charge is 0.243 e. The van der Waals surface area contributed by atoms with Crippen LogP contribution in [-0.2, 0) is 4.79 Å². The molecule has 0 aliphatic heterocycles. The van der Waals surface area contributed by atoms with E-state index in [4.69, 9.17) is 11.5 Å². The zero-order valence-electron chi connectivity index (χ0n) is 4.42. The van der Waals surface area contributed by atoms with Crippen LogP contribution in [0.2, 0.25) is 0 Å². The monoisotopic (exact) mass is 112 g/mol. The Bertz CT molecular complexity index is 137. The van der Waals surface area contributed by atoms with E-state index in [1.165, 1.54) is 6.08 Å². The van der Waals surface area contributed by atoms with E-state index >= 15 is 0 Å². The predicted octanol–water partition coefficient (Wildman–Crippen LogP) is -0.500. The van der Waals surface area contributed by atoms with Gasteiger partial charge in [0.15, 0.2) is 0 Å². The van der Waals surface area contributed by atoms with Gasteiger partial charge < -0.3 is 11.5 Å². The molecule has 0 fully saturated rings. The third-order valence-corrected chi connectivity index (χ3v) is 0.545. The van der Waals surface area contributed by atoms with Gasteiger partial charge in [-0.3, -0.25) is 4.79 Å². The quantitative estimate of drug-likeness (QED) is 0.373. The largest absolute Gasteiger partial charge is 0.399 e. The van der Waals surface area contributed by atoms with Gasteiger partial charge in [-0.05, 0) is 6.08 Å². The van der Waals surface area contributed by atoms with Crippen molar-refractivity contribution in [3.8, 4) is 0 Å². The second kappa shape index (κ2) is 2.85. The Hall–Kier alpha value is -1.25. The Kier molecular flexibility index (Phi) is 2.40. The first kappa shape index (κ1) is 6.75. The highest BCUT2D eigenvalue weighted by Crippen LogP contribution is 1.79. The first-order chi connectivity index (χ1) is 3.66. The maximum Gasteiger partial charge on any atom is 0.243 e. The standard InChI is InChI=1S/C5H8N2O/c1-2-4(6)3-5(7)8/h2-3H,1,6H2,(H2,7,8). The van der Waals surface area contributed by atoms with E-state index in [0.717, 1.165) is 6.08 Å². The summed E-state index contributed by atoms with van der Waals surface area (Å²) < 4.78 is 0. The summed E-state index contributed by atoms with van der Waals surface area (Å²) in [5.41, 5.74) is 10.1. The van der Waals surface area contributed by atoms with E-state index in [-0.39, 0.29) is 5.70 Å². The number of carbonyl (C=O) groups is 1. The van der Waals surface area contributed by atoms with Crippen molar-refractivity contribution >= 4 is 5.91 Å². The van der Waals surface area contributed by atoms with E-state index in [1.807, 2.05) is 0 Å². The minimum Gasteiger partial charge on any atom is -0.399 e. The molecule has 0 bridgehead atoms. The predicted molar refractivity (Wildman–Crippen MR) is 31.7 cm³/mol. The van der Waals surface area contributed by atoms with E-state index in [9.17, 15) is 4.79 Å². The Morgan fingerprint density at radius 3 is 2.12 bits per heavy atom. The highest BCUT2D eigenvalue weighted by Gasteiger charge is 1.83. The molecule has 0 atom stereocenters. The summed E-state index contributed by atoms with van der Waals surface area (Å²) in [6.07, 6.45) is 2.46. The van der Waals surface area contributed by atoms with Crippen LogP contribution in [0.3, 0.4) is 0 Å². The summed E-state index contributed by atoms with van der Waals surface area (Å²) in [6, 6.07) is 0. The van der Waals surface area contributed by atoms with Gasteiger partial charge in [0.25, 0.3) is 0 Å². The number of nitrogens with two attached hydrogens (primary N) is 2. The van der Waals surface area contributed by atoms with Crippen molar-refractivity contribution in [3.63, 3.8) is 0 Å². The molecule has 8 heavy (non-hydrogen) atoms. The van der Waals surface area contributed by atoms with Crippen molar-refractivity contribution in [2.24, 2.45) is 11.5 Å². The second-order valence-electron chi connectivity index (χ2n) is 1.25. The summed E-state index contributed by atoms with van der Waals surface area (Å²) >= 11 is 0. The Labute approximate surface area is 47.7 Å². The van der Waals surface area contributed by atoms with Gasteiger partial charge in [0.05, 0.1) is 0 Å². The van der Waals surface area contributed by atoms with E-state index in [2.05, 4.69) is 6.58 Å². The van der Waals surface area contributed by atoms with Crippen molar-refractivity contribution in [3.05, 3.63) is 24.4 Å². The molecule has 0 aromatic heterocycles. The minimum absolute atomic E-state index is 0.289. The van der Waals surface area contributed by atoms with E-state index in [0.29, 0.717) is 0 Å². The lowest BCUT2D eigenvalue weighted by Gasteiger charge is -1.84. The number of primary amides is 1. The third kappa shape index (κ3) is 2.96. The fourth-order valence-corrected chi connectivity index (χ4v) is 0.223. The topological polar surface area (TPSA) is 69.1 Å². The third-order valence-electron chi connectivity index (χ3n) is 0.545. The summed E-state index contributed by atoms with van der Waals surface area (Å²) in [4.78, 5) is 9.99. The number of hydrogen-bond donors (Lipinski definition) is 2. The Morgan fingerprint density at radius 1 is 1.50 bits per heavy atom. The van der Waals surface area contributed by atoms with Crippen molar-refractivity contribution in [2.75, 3.05) is 0 Å². The van der Waals surface area contributed by atoms with Crippen LogP contribution in [0.25, 0.3) is 0 Å². The molecule has 0 saturated carbocycles. The lowest BCUT2D eigenvalue weighted by Crippen LogP contribution is -2.09. The van der Waals surface area contributed by atoms with Crippen molar-refractivity contribution in [2.45, 2.75) is 0 Å². The van der Waals surface area contributed by atoms with Gasteiger partial charge in [0.1, 0.15) is 0 Å². The van der Waals surface area contributed by atoms with Gasteiger partial charge >= 0.3 is 0 Å². The molecule has 1 amide bonds. The average Bonchev–Trinajstić information content (AvgIpc) is 1.65. The van der Waals surface area contributed by atoms with Gasteiger partial charge in [0.2, 0.25) is 5.91 Å². The number of hydrogen-bond acceptors (Lipinski definition) is 2. The van der Waals surface area contributed by atoms with Crippen LogP contribution in [0.4, 0.5) is 0 Å². The molecule has 0 aliphatic rings. The van der Waals surface area contributed by atoms with Gasteiger partial charge in [-0.2, -0.15) is 0 Å². The molecule has 0 saturated heterocycles. The second-order valence-corrected chi connectivity index (χ2v) is 1.25. The molecular weight excluding hydrogens is 104 g/mol. The molecular formula is C5H8N2O. The summed E-state index contributed by atoms with van der Waals surface area (Å²) in [7, 11) is 0. The summed E-state index contributed by atoms with van der Waals surface area (Å²) in [5.74, 6) is -0.553. The van der Waals surface area contributed by atoms with Crippen LogP contribution in [0.15, 0.2) is 24.4 Å². The van der Waals surface area contributed by atoms with E-state index < -0.39 is 5.91 Å². The Morgan fingerprint density at radius 2 is 2.00 bits per heavy atom. The highest BCUT2D eigenvalue weighted by molar-refractivity contribution is 5.86. The molecule has 3 heteroatoms. The Balaban J connectivity index is 3.94. The molecule has 0 rings (SSSR count). The molecule has 0 aromatic rings. The average molecular weight is 112 g/mol. The lowest BCUT2D eigenvalue weighted by atomic mass is 10.4. The van der Waals surface area contributed by atoms with Crippen molar-refractivity contribution < 1.29 is 4.79 Å². The van der Waals surface area contributed by atoms with Crippen LogP contribution in [0, 0.1) is 0 Å². The molecule has 0 radical (unpaired) electrons. The number of amides is 1. The molecule has 0 aromatic carbocycles. The highest BCUT2D eigenvalue weighted by atomic mass is 16.1. The van der Waals surface area contributed by atoms with E-state index in [1.54, 1.807) is 0 Å². The SMILES string of the molecule is C=CC(N)=CC(N)=O. The van der Waals surface area contributed by atoms with Crippen molar-refractivity contribution in [1.82, 2.24) is 0 Å². The maximum absolute atomic E-state index is 9.99. The normalized spacial score (nSPS) is 10.8. The number of allylic oxidation sites excluding steroid dienone is 1. The molecule has 0 heterocycles. The van der Waals surface area contributed by atoms with Crippen LogP contribution < -0.4 is 11.5 Å². The van der Waals surface area contributed by atoms with Gasteiger partial charge in [0, 0.05) is 11.8 Å². The molecule has 4 N–H and O–H groups in total. The van der Waals surface area contributed by atoms with Crippen LogP contribution >= 0.6 is 0 Å². The fourth-order valence-electron chi connectivity index (χ4n) is 0.223. The van der Waals surface area contributed by atoms with Crippen LogP contribution in [-0.4, -0.2) is 5.91 Å². The lowest BCUT2D eigenvalue weighted by molar-refractivity contribution is -0.113. The van der Waals surface area contributed by atoms with Crippen LogP contribution in [0.5, 0.6) is 0 Å². The fraction of sp³-hybridized carbons (Fsp3) is 0. The number of rotatable bonds is 2. The van der Waals surface area contributed by atoms with Gasteiger partial charge in [-0.15, -0.1) is 0 Å². The summed E-state index contributed by atoms with van der Waals surface area (Å²) in [6.45, 7) is 3.31. The first-order valence-corrected chi connectivity index (χ1v) is 2.06. The molecule has 0 aliphatic carbocycles. The summed E-state index contributed by atoms with van der Waals surface area (Å²) in [5, 5.41) is 0. The minimum atomic E-state index is -0.553. The zero-order valence-corrected chi connectivity index (χ0v) is 4.42. The zero-order chi connectivity index (χ0) is 6.57. The van der Waals surface area contributed by atoms with Gasteiger partial charge in [-0.25, -0.2) is 0 Å². The molecule has 0 unspecified atom stereocenters. The number of carbonyl (C=O) groups excluding carboxylic acids is 1.